The molecule has 1 aromatic rings. The molecule has 0 radical (unpaired) electrons. The highest BCUT2D eigenvalue weighted by molar-refractivity contribution is 9.10. The summed E-state index contributed by atoms with van der Waals surface area (Å²) in [5.74, 6) is 0.445. The van der Waals surface area contributed by atoms with Crippen LogP contribution >= 0.6 is 15.9 Å². The number of hydrogen-bond acceptors (Lipinski definition) is 2. The highest BCUT2D eigenvalue weighted by Crippen LogP contribution is 2.43. The third-order valence-corrected chi connectivity index (χ3v) is 6.35. The number of benzene rings is 1. The van der Waals surface area contributed by atoms with Crippen LogP contribution < -0.4 is 0 Å². The van der Waals surface area contributed by atoms with E-state index in [1.54, 1.807) is 0 Å². The Morgan fingerprint density at radius 1 is 1.24 bits per heavy atom. The Kier molecular flexibility index (Phi) is 4.24. The number of carbonyl (C=O) groups is 1. The minimum absolute atomic E-state index is 0.0119. The monoisotopic (exact) mass is 350 g/mol. The van der Waals surface area contributed by atoms with Crippen LogP contribution in [-0.4, -0.2) is 18.0 Å². The van der Waals surface area contributed by atoms with E-state index in [0.29, 0.717) is 5.78 Å². The van der Waals surface area contributed by atoms with Gasteiger partial charge in [0.15, 0.2) is 5.78 Å². The van der Waals surface area contributed by atoms with Crippen molar-refractivity contribution in [2.45, 2.75) is 58.0 Å². The van der Waals surface area contributed by atoms with E-state index in [4.69, 9.17) is 4.74 Å². The van der Waals surface area contributed by atoms with Crippen LogP contribution in [-0.2, 0) is 4.74 Å². The molecule has 1 saturated carbocycles. The van der Waals surface area contributed by atoms with Crippen molar-refractivity contribution in [3.63, 3.8) is 0 Å². The number of ketones is 1. The lowest BCUT2D eigenvalue weighted by Gasteiger charge is -2.37. The van der Waals surface area contributed by atoms with Gasteiger partial charge in [0, 0.05) is 22.6 Å². The molecule has 0 amide bonds. The fourth-order valence-corrected chi connectivity index (χ4v) is 4.17. The van der Waals surface area contributed by atoms with Crippen LogP contribution in [0.15, 0.2) is 16.6 Å². The Morgan fingerprint density at radius 2 is 1.86 bits per heavy atom. The molecular weight excluding hydrogens is 328 g/mol. The lowest BCUT2D eigenvalue weighted by atomic mass is 9.80. The first-order valence-corrected chi connectivity index (χ1v) is 8.75. The second-order valence-corrected chi connectivity index (χ2v) is 7.51. The molecule has 1 saturated heterocycles. The van der Waals surface area contributed by atoms with Gasteiger partial charge >= 0.3 is 0 Å². The second-order valence-electron chi connectivity index (χ2n) is 6.72. The summed E-state index contributed by atoms with van der Waals surface area (Å²) in [6, 6.07) is 4.05. The molecule has 3 rings (SSSR count). The van der Waals surface area contributed by atoms with Crippen LogP contribution in [0, 0.1) is 19.8 Å². The van der Waals surface area contributed by atoms with Crippen LogP contribution in [0.5, 0.6) is 0 Å². The molecular formula is C18H23BrO2. The minimum Gasteiger partial charge on any atom is -0.375 e. The Balaban J connectivity index is 1.81. The molecule has 1 unspecified atom stereocenters. The van der Waals surface area contributed by atoms with Crippen molar-refractivity contribution in [3.05, 3.63) is 33.3 Å². The molecule has 1 spiro atoms. The van der Waals surface area contributed by atoms with Crippen LogP contribution in [0.4, 0.5) is 0 Å². The summed E-state index contributed by atoms with van der Waals surface area (Å²) < 4.78 is 7.16. The number of aryl methyl sites for hydroxylation is 2. The summed E-state index contributed by atoms with van der Waals surface area (Å²) >= 11 is 3.58. The van der Waals surface area contributed by atoms with Gasteiger partial charge in [0.25, 0.3) is 0 Å². The van der Waals surface area contributed by atoms with Gasteiger partial charge in [0.2, 0.25) is 0 Å². The molecule has 1 aliphatic heterocycles. The lowest BCUT2D eigenvalue weighted by molar-refractivity contribution is -0.0866. The molecule has 3 heteroatoms. The smallest absolute Gasteiger partial charge is 0.166 e. The van der Waals surface area contributed by atoms with Gasteiger partial charge in [-0.15, -0.1) is 0 Å². The SMILES string of the molecule is Cc1cc(C(=O)C2CCOC3(CCCC3)C2)cc(C)c1Br. The molecule has 1 aliphatic carbocycles. The summed E-state index contributed by atoms with van der Waals surface area (Å²) in [6.07, 6.45) is 6.55. The maximum Gasteiger partial charge on any atom is 0.166 e. The zero-order chi connectivity index (χ0) is 15.0. The molecule has 1 heterocycles. The van der Waals surface area contributed by atoms with Crippen LogP contribution in [0.25, 0.3) is 0 Å². The first-order chi connectivity index (χ1) is 10.0. The highest BCUT2D eigenvalue weighted by Gasteiger charge is 2.42. The molecule has 0 aromatic heterocycles. The van der Waals surface area contributed by atoms with Crippen molar-refractivity contribution in [2.24, 2.45) is 5.92 Å². The first-order valence-electron chi connectivity index (χ1n) is 7.96. The van der Waals surface area contributed by atoms with Crippen LogP contribution in [0.2, 0.25) is 0 Å². The predicted molar refractivity (Wildman–Crippen MR) is 87.8 cm³/mol. The van der Waals surface area contributed by atoms with Gasteiger partial charge in [-0.1, -0.05) is 28.8 Å². The normalized spacial score (nSPS) is 24.4. The van der Waals surface area contributed by atoms with Crippen molar-refractivity contribution in [2.75, 3.05) is 6.61 Å². The van der Waals surface area contributed by atoms with Crippen molar-refractivity contribution in [1.29, 1.82) is 0 Å². The largest absolute Gasteiger partial charge is 0.375 e. The number of carbonyl (C=O) groups excluding carboxylic acids is 1. The van der Waals surface area contributed by atoms with Crippen molar-refractivity contribution in [1.82, 2.24) is 0 Å². The first kappa shape index (κ1) is 15.2. The average Bonchev–Trinajstić information content (AvgIpc) is 2.91. The number of halogens is 1. The standard InChI is InChI=1S/C18H23BrO2/c1-12-9-15(10-13(2)16(12)19)17(20)14-5-8-21-18(11-14)6-3-4-7-18/h9-10,14H,3-8,11H2,1-2H3. The Morgan fingerprint density at radius 3 is 2.48 bits per heavy atom. The number of Topliss-reactive ketones (excluding diaryl/α,β-unsaturated/α-hetero) is 1. The zero-order valence-electron chi connectivity index (χ0n) is 12.9. The highest BCUT2D eigenvalue weighted by atomic mass is 79.9. The maximum atomic E-state index is 12.9. The molecule has 2 fully saturated rings. The molecule has 0 N–H and O–H groups in total. The van der Waals surface area contributed by atoms with Gasteiger partial charge in [-0.2, -0.15) is 0 Å². The van der Waals surface area contributed by atoms with Crippen molar-refractivity contribution < 1.29 is 9.53 Å². The molecule has 114 valence electrons. The fraction of sp³-hybridized carbons (Fsp3) is 0.611. The topological polar surface area (TPSA) is 26.3 Å². The number of hydrogen-bond donors (Lipinski definition) is 0. The van der Waals surface area contributed by atoms with Crippen LogP contribution in [0.1, 0.15) is 60.0 Å². The number of ether oxygens (including phenoxy) is 1. The van der Waals surface area contributed by atoms with E-state index in [9.17, 15) is 4.79 Å². The second kappa shape index (κ2) is 5.85. The summed E-state index contributed by atoms with van der Waals surface area (Å²) in [7, 11) is 0. The third kappa shape index (κ3) is 2.95. The van der Waals surface area contributed by atoms with E-state index in [-0.39, 0.29) is 11.5 Å². The van der Waals surface area contributed by atoms with Gasteiger partial charge in [-0.25, -0.2) is 0 Å². The Bertz CT molecular complexity index is 535. The zero-order valence-corrected chi connectivity index (χ0v) is 14.5. The van der Waals surface area contributed by atoms with Gasteiger partial charge < -0.3 is 4.74 Å². The van der Waals surface area contributed by atoms with E-state index >= 15 is 0 Å². The fourth-order valence-electron chi connectivity index (χ4n) is 3.94. The maximum absolute atomic E-state index is 12.9. The molecule has 1 atom stereocenters. The lowest BCUT2D eigenvalue weighted by Crippen LogP contribution is -2.39. The average molecular weight is 351 g/mol. The van der Waals surface area contributed by atoms with E-state index in [1.165, 1.54) is 12.8 Å². The minimum atomic E-state index is 0.0119. The summed E-state index contributed by atoms with van der Waals surface area (Å²) in [5, 5.41) is 0. The van der Waals surface area contributed by atoms with E-state index in [1.807, 2.05) is 12.1 Å². The van der Waals surface area contributed by atoms with E-state index < -0.39 is 0 Å². The summed E-state index contributed by atoms with van der Waals surface area (Å²) in [6.45, 7) is 4.84. The van der Waals surface area contributed by atoms with E-state index in [2.05, 4.69) is 29.8 Å². The van der Waals surface area contributed by atoms with Gasteiger partial charge in [0.1, 0.15) is 0 Å². The van der Waals surface area contributed by atoms with Crippen LogP contribution in [0.3, 0.4) is 0 Å². The Labute approximate surface area is 135 Å². The molecule has 2 aliphatic rings. The van der Waals surface area contributed by atoms with Gasteiger partial charge in [-0.05, 0) is 62.8 Å². The summed E-state index contributed by atoms with van der Waals surface area (Å²) in [4.78, 5) is 12.9. The molecule has 0 bridgehead atoms. The molecule has 21 heavy (non-hydrogen) atoms. The number of rotatable bonds is 2. The van der Waals surface area contributed by atoms with Gasteiger partial charge in [0.05, 0.1) is 5.60 Å². The molecule has 1 aromatic carbocycles. The summed E-state index contributed by atoms with van der Waals surface area (Å²) in [5.41, 5.74) is 3.16. The molecule has 2 nitrogen and oxygen atoms in total. The van der Waals surface area contributed by atoms with Gasteiger partial charge in [-0.3, -0.25) is 4.79 Å². The van der Waals surface area contributed by atoms with E-state index in [0.717, 1.165) is 53.5 Å². The predicted octanol–water partition coefficient (Wildman–Crippen LogP) is 4.99. The Hall–Kier alpha value is -0.670. The third-order valence-electron chi connectivity index (χ3n) is 5.10. The van der Waals surface area contributed by atoms with Crippen molar-refractivity contribution >= 4 is 21.7 Å². The van der Waals surface area contributed by atoms with Crippen molar-refractivity contribution in [3.8, 4) is 0 Å². The quantitative estimate of drug-likeness (QED) is 0.702.